The molecule has 0 amide bonds. The fourth-order valence-corrected chi connectivity index (χ4v) is 1.82. The van der Waals surface area contributed by atoms with Crippen LogP contribution in [-0.2, 0) is 0 Å². The van der Waals surface area contributed by atoms with Gasteiger partial charge >= 0.3 is 0 Å². The maximum atomic E-state index is 5.62. The average Bonchev–Trinajstić information content (AvgIpc) is 2.71. The molecule has 0 spiro atoms. The minimum atomic E-state index is 0.207. The van der Waals surface area contributed by atoms with E-state index in [-0.39, 0.29) is 6.04 Å². The molecule has 0 radical (unpaired) electrons. The molecule has 1 heterocycles. The highest BCUT2D eigenvalue weighted by atomic mass is 32.1. The summed E-state index contributed by atoms with van der Waals surface area (Å²) in [6, 6.07) is 8.02. The van der Waals surface area contributed by atoms with Crippen LogP contribution in [0.5, 0.6) is 0 Å². The van der Waals surface area contributed by atoms with Crippen molar-refractivity contribution in [3.05, 3.63) is 35.3 Å². The molecule has 2 rings (SSSR count). The summed E-state index contributed by atoms with van der Waals surface area (Å²) in [6.45, 7) is 2.08. The molecule has 1 unspecified atom stereocenters. The van der Waals surface area contributed by atoms with Gasteiger partial charge in [0.2, 0.25) is 5.13 Å². The average molecular weight is 220 g/mol. The van der Waals surface area contributed by atoms with E-state index in [1.807, 2.05) is 24.3 Å². The summed E-state index contributed by atoms with van der Waals surface area (Å²) in [5.41, 5.74) is 9.29. The molecule has 0 saturated carbocycles. The molecular weight excluding hydrogens is 208 g/mol. The third kappa shape index (κ3) is 2.44. The Kier molecular flexibility index (Phi) is 2.82. The van der Waals surface area contributed by atoms with Crippen molar-refractivity contribution in [3.63, 3.8) is 0 Å². The van der Waals surface area contributed by atoms with Crippen molar-refractivity contribution in [1.29, 1.82) is 0 Å². The molecule has 1 atom stereocenters. The van der Waals surface area contributed by atoms with Gasteiger partial charge in [0.05, 0.1) is 6.04 Å². The highest BCUT2D eigenvalue weighted by Crippen LogP contribution is 2.20. The smallest absolute Gasteiger partial charge is 0.205 e. The van der Waals surface area contributed by atoms with Gasteiger partial charge in [-0.05, 0) is 24.6 Å². The predicted molar refractivity (Wildman–Crippen MR) is 62.8 cm³/mol. The Morgan fingerprint density at radius 1 is 1.33 bits per heavy atom. The number of hydrogen-bond acceptors (Lipinski definition) is 5. The first-order chi connectivity index (χ1) is 7.25. The van der Waals surface area contributed by atoms with Crippen molar-refractivity contribution in [3.8, 4) is 0 Å². The zero-order valence-corrected chi connectivity index (χ0v) is 9.16. The maximum Gasteiger partial charge on any atom is 0.205 e. The first kappa shape index (κ1) is 9.92. The Hall–Kier alpha value is -1.62. The number of nitrogens with two attached hydrogens (primary N) is 1. The van der Waals surface area contributed by atoms with Crippen LogP contribution in [0.3, 0.4) is 0 Å². The Labute approximate surface area is 92.2 Å². The Morgan fingerprint density at radius 3 is 2.67 bits per heavy atom. The van der Waals surface area contributed by atoms with E-state index >= 15 is 0 Å². The minimum Gasteiger partial charge on any atom is -0.399 e. The summed E-state index contributed by atoms with van der Waals surface area (Å²) in [5.74, 6) is 0. The van der Waals surface area contributed by atoms with Crippen molar-refractivity contribution < 1.29 is 0 Å². The molecule has 2 aromatic rings. The molecule has 1 aromatic carbocycles. The lowest BCUT2D eigenvalue weighted by Crippen LogP contribution is -2.06. The number of hydrogen-bond donors (Lipinski definition) is 2. The van der Waals surface area contributed by atoms with E-state index in [1.54, 1.807) is 5.51 Å². The van der Waals surface area contributed by atoms with Crippen molar-refractivity contribution in [2.45, 2.75) is 13.0 Å². The summed E-state index contributed by atoms with van der Waals surface area (Å²) < 4.78 is 0. The van der Waals surface area contributed by atoms with Gasteiger partial charge in [0, 0.05) is 5.69 Å². The molecular formula is C10H12N4S. The SMILES string of the molecule is CC(Nc1nncs1)c1ccc(N)cc1. The molecule has 1 aromatic heterocycles. The second kappa shape index (κ2) is 4.27. The lowest BCUT2D eigenvalue weighted by Gasteiger charge is -2.12. The molecule has 0 aliphatic heterocycles. The fourth-order valence-electron chi connectivity index (χ4n) is 1.29. The van der Waals surface area contributed by atoms with Crippen LogP contribution in [0.2, 0.25) is 0 Å². The highest BCUT2D eigenvalue weighted by molar-refractivity contribution is 7.13. The molecule has 15 heavy (non-hydrogen) atoms. The van der Waals surface area contributed by atoms with E-state index in [9.17, 15) is 0 Å². The van der Waals surface area contributed by atoms with Crippen molar-refractivity contribution in [2.75, 3.05) is 11.1 Å². The predicted octanol–water partition coefficient (Wildman–Crippen LogP) is 2.29. The van der Waals surface area contributed by atoms with E-state index < -0.39 is 0 Å². The summed E-state index contributed by atoms with van der Waals surface area (Å²) >= 11 is 1.49. The highest BCUT2D eigenvalue weighted by Gasteiger charge is 2.06. The van der Waals surface area contributed by atoms with Crippen LogP contribution < -0.4 is 11.1 Å². The van der Waals surface area contributed by atoms with Crippen molar-refractivity contribution >= 4 is 22.2 Å². The molecule has 3 N–H and O–H groups in total. The second-order valence-corrected chi connectivity index (χ2v) is 4.11. The van der Waals surface area contributed by atoms with E-state index in [4.69, 9.17) is 5.73 Å². The van der Waals surface area contributed by atoms with Gasteiger partial charge in [-0.2, -0.15) is 0 Å². The zero-order chi connectivity index (χ0) is 10.7. The normalized spacial score (nSPS) is 12.3. The molecule has 0 aliphatic rings. The molecule has 5 heteroatoms. The van der Waals surface area contributed by atoms with Gasteiger partial charge in [0.25, 0.3) is 0 Å². The zero-order valence-electron chi connectivity index (χ0n) is 8.34. The number of nitrogens with one attached hydrogen (secondary N) is 1. The third-order valence-electron chi connectivity index (χ3n) is 2.14. The van der Waals surface area contributed by atoms with Gasteiger partial charge in [-0.3, -0.25) is 0 Å². The first-order valence-electron chi connectivity index (χ1n) is 4.64. The van der Waals surface area contributed by atoms with Crippen LogP contribution in [0.4, 0.5) is 10.8 Å². The minimum absolute atomic E-state index is 0.207. The molecule has 0 aliphatic carbocycles. The van der Waals surface area contributed by atoms with Crippen LogP contribution >= 0.6 is 11.3 Å². The number of rotatable bonds is 3. The number of nitrogens with zero attached hydrogens (tertiary/aromatic N) is 2. The second-order valence-electron chi connectivity index (χ2n) is 3.28. The van der Waals surface area contributed by atoms with Gasteiger partial charge in [0.1, 0.15) is 5.51 Å². The largest absolute Gasteiger partial charge is 0.399 e. The molecule has 0 bridgehead atoms. The molecule has 78 valence electrons. The lowest BCUT2D eigenvalue weighted by molar-refractivity contribution is 0.874. The van der Waals surface area contributed by atoms with Crippen LogP contribution in [0.25, 0.3) is 0 Å². The van der Waals surface area contributed by atoms with Crippen molar-refractivity contribution in [2.24, 2.45) is 0 Å². The quantitative estimate of drug-likeness (QED) is 0.779. The Balaban J connectivity index is 2.08. The van der Waals surface area contributed by atoms with Gasteiger partial charge in [-0.25, -0.2) is 0 Å². The number of anilines is 2. The first-order valence-corrected chi connectivity index (χ1v) is 5.52. The maximum absolute atomic E-state index is 5.62. The summed E-state index contributed by atoms with van der Waals surface area (Å²) in [5, 5.41) is 11.8. The van der Waals surface area contributed by atoms with E-state index in [0.29, 0.717) is 0 Å². The van der Waals surface area contributed by atoms with Gasteiger partial charge in [-0.1, -0.05) is 23.5 Å². The summed E-state index contributed by atoms with van der Waals surface area (Å²) in [7, 11) is 0. The summed E-state index contributed by atoms with van der Waals surface area (Å²) in [6.07, 6.45) is 0. The Bertz CT molecular complexity index is 409. The van der Waals surface area contributed by atoms with Crippen LogP contribution in [0, 0.1) is 0 Å². The van der Waals surface area contributed by atoms with E-state index in [0.717, 1.165) is 10.8 Å². The van der Waals surface area contributed by atoms with E-state index in [2.05, 4.69) is 22.4 Å². The standard InChI is InChI=1S/C10H12N4S/c1-7(13-10-14-12-6-15-10)8-2-4-9(11)5-3-8/h2-7H,11H2,1H3,(H,13,14). The number of benzene rings is 1. The van der Waals surface area contributed by atoms with Gasteiger partial charge in [-0.15, -0.1) is 10.2 Å². The van der Waals surface area contributed by atoms with Gasteiger partial charge < -0.3 is 11.1 Å². The monoisotopic (exact) mass is 220 g/mol. The molecule has 0 saturated heterocycles. The van der Waals surface area contributed by atoms with Crippen LogP contribution in [0.1, 0.15) is 18.5 Å². The topological polar surface area (TPSA) is 63.8 Å². The third-order valence-corrected chi connectivity index (χ3v) is 2.76. The molecule has 0 fully saturated rings. The fraction of sp³-hybridized carbons (Fsp3) is 0.200. The van der Waals surface area contributed by atoms with Gasteiger partial charge in [0.15, 0.2) is 0 Å². The van der Waals surface area contributed by atoms with Crippen molar-refractivity contribution in [1.82, 2.24) is 10.2 Å². The lowest BCUT2D eigenvalue weighted by atomic mass is 10.1. The number of nitrogen functional groups attached to an aromatic ring is 1. The van der Waals surface area contributed by atoms with Crippen LogP contribution in [-0.4, -0.2) is 10.2 Å². The number of aromatic nitrogens is 2. The Morgan fingerprint density at radius 2 is 2.07 bits per heavy atom. The molecule has 4 nitrogen and oxygen atoms in total. The van der Waals surface area contributed by atoms with E-state index in [1.165, 1.54) is 16.9 Å². The van der Waals surface area contributed by atoms with Crippen LogP contribution in [0.15, 0.2) is 29.8 Å². The summed E-state index contributed by atoms with van der Waals surface area (Å²) in [4.78, 5) is 0.